The van der Waals surface area contributed by atoms with E-state index in [4.69, 9.17) is 0 Å². The van der Waals surface area contributed by atoms with Crippen molar-refractivity contribution in [1.82, 2.24) is 9.88 Å². The maximum atomic E-state index is 12.6. The number of pyridine rings is 1. The largest absolute Gasteiger partial charge is 0.339 e. The van der Waals surface area contributed by atoms with Crippen molar-refractivity contribution in [3.8, 4) is 0 Å². The van der Waals surface area contributed by atoms with Gasteiger partial charge in [0, 0.05) is 31.8 Å². The number of anilines is 1. The molecule has 2 amide bonds. The van der Waals surface area contributed by atoms with Crippen LogP contribution in [0.15, 0.2) is 54.7 Å². The van der Waals surface area contributed by atoms with Gasteiger partial charge in [-0.2, -0.15) is 0 Å². The van der Waals surface area contributed by atoms with Crippen molar-refractivity contribution in [2.45, 2.75) is 25.7 Å². The van der Waals surface area contributed by atoms with Gasteiger partial charge in [-0.15, -0.1) is 0 Å². The number of aryl methyl sites for hydroxylation is 1. The molecule has 5 heteroatoms. The molecule has 142 valence electrons. The number of nitrogens with zero attached hydrogens (tertiary/aromatic N) is 2. The van der Waals surface area contributed by atoms with Gasteiger partial charge in [0.05, 0.1) is 0 Å². The minimum atomic E-state index is 0.00288. The molecular formula is C23H23N3O2. The second-order valence-corrected chi connectivity index (χ2v) is 7.12. The fourth-order valence-corrected chi connectivity index (χ4v) is 3.64. The quantitative estimate of drug-likeness (QED) is 0.835. The first kappa shape index (κ1) is 18.2. The van der Waals surface area contributed by atoms with Crippen molar-refractivity contribution in [3.63, 3.8) is 0 Å². The zero-order valence-electron chi connectivity index (χ0n) is 15.7. The van der Waals surface area contributed by atoms with Crippen molar-refractivity contribution < 1.29 is 9.59 Å². The molecule has 5 nitrogen and oxygen atoms in total. The fraction of sp³-hybridized carbons (Fsp3) is 0.261. The van der Waals surface area contributed by atoms with Crippen molar-refractivity contribution in [3.05, 3.63) is 71.4 Å². The molecule has 0 fully saturated rings. The molecule has 1 aromatic carbocycles. The summed E-state index contributed by atoms with van der Waals surface area (Å²) in [5.41, 5.74) is 4.43. The number of fused-ring (bicyclic) bond motifs is 1. The average molecular weight is 373 g/mol. The third kappa shape index (κ3) is 4.19. The van der Waals surface area contributed by atoms with Crippen LogP contribution in [-0.4, -0.2) is 34.8 Å². The van der Waals surface area contributed by atoms with E-state index >= 15 is 0 Å². The second kappa shape index (κ2) is 8.21. The standard InChI is InChI=1S/C23H23N3O2/c27-21-10-9-20-15-17(16-24-23(20)25-21)8-11-22(28)26-13-4-7-19(12-14-26)18-5-2-1-3-6-18/h1-3,5-8,11,15-16H,4,9-10,12-14H2,(H,24,25,27)/b11-8+. The third-order valence-electron chi connectivity index (χ3n) is 5.18. The summed E-state index contributed by atoms with van der Waals surface area (Å²) >= 11 is 0. The van der Waals surface area contributed by atoms with Gasteiger partial charge in [0.25, 0.3) is 0 Å². The van der Waals surface area contributed by atoms with E-state index in [1.807, 2.05) is 35.2 Å². The topological polar surface area (TPSA) is 62.3 Å². The number of aromatic nitrogens is 1. The van der Waals surface area contributed by atoms with Crippen molar-refractivity contribution in [2.24, 2.45) is 0 Å². The van der Waals surface area contributed by atoms with E-state index in [0.29, 0.717) is 18.7 Å². The molecule has 0 saturated heterocycles. The van der Waals surface area contributed by atoms with Crippen LogP contribution < -0.4 is 5.32 Å². The number of hydrogen-bond donors (Lipinski definition) is 1. The molecule has 2 aliphatic heterocycles. The Bertz CT molecular complexity index is 948. The highest BCUT2D eigenvalue weighted by atomic mass is 16.2. The molecule has 28 heavy (non-hydrogen) atoms. The molecule has 0 bridgehead atoms. The number of hydrogen-bond acceptors (Lipinski definition) is 3. The van der Waals surface area contributed by atoms with Crippen LogP contribution >= 0.6 is 0 Å². The summed E-state index contributed by atoms with van der Waals surface area (Å²) in [7, 11) is 0. The number of benzene rings is 1. The van der Waals surface area contributed by atoms with Crippen LogP contribution in [-0.2, 0) is 16.0 Å². The van der Waals surface area contributed by atoms with Gasteiger partial charge in [-0.3, -0.25) is 9.59 Å². The molecule has 3 heterocycles. The Morgan fingerprint density at radius 3 is 2.82 bits per heavy atom. The molecule has 4 rings (SSSR count). The lowest BCUT2D eigenvalue weighted by Crippen LogP contribution is -2.30. The molecule has 0 saturated carbocycles. The SMILES string of the molecule is O=C1CCc2cc(/C=C/C(=O)N3CCC=C(c4ccccc4)CC3)cnc2N1. The monoisotopic (exact) mass is 373 g/mol. The number of carbonyl (C=O) groups excluding carboxylic acids is 2. The minimum absolute atomic E-state index is 0.00288. The Morgan fingerprint density at radius 2 is 1.96 bits per heavy atom. The lowest BCUT2D eigenvalue weighted by Gasteiger charge is -2.19. The van der Waals surface area contributed by atoms with Gasteiger partial charge >= 0.3 is 0 Å². The number of carbonyl (C=O) groups is 2. The Labute approximate surface area is 164 Å². The van der Waals surface area contributed by atoms with Crippen LogP contribution in [0, 0.1) is 0 Å². The van der Waals surface area contributed by atoms with Crippen LogP contribution in [0.1, 0.15) is 36.0 Å². The van der Waals surface area contributed by atoms with E-state index in [2.05, 4.69) is 28.5 Å². The van der Waals surface area contributed by atoms with Crippen LogP contribution in [0.2, 0.25) is 0 Å². The van der Waals surface area contributed by atoms with Crippen molar-refractivity contribution >= 4 is 29.3 Å². The summed E-state index contributed by atoms with van der Waals surface area (Å²) in [5.74, 6) is 0.656. The molecular weight excluding hydrogens is 350 g/mol. The van der Waals surface area contributed by atoms with E-state index < -0.39 is 0 Å². The smallest absolute Gasteiger partial charge is 0.246 e. The van der Waals surface area contributed by atoms with Gasteiger partial charge in [0.1, 0.15) is 5.82 Å². The average Bonchev–Trinajstić information content (AvgIpc) is 2.99. The van der Waals surface area contributed by atoms with E-state index in [0.717, 1.165) is 37.1 Å². The normalized spacial score (nSPS) is 16.9. The molecule has 0 aliphatic carbocycles. The summed E-state index contributed by atoms with van der Waals surface area (Å²) in [6.07, 6.45) is 10.3. The van der Waals surface area contributed by atoms with Crippen molar-refractivity contribution in [2.75, 3.05) is 18.4 Å². The third-order valence-corrected chi connectivity index (χ3v) is 5.18. The summed E-state index contributed by atoms with van der Waals surface area (Å²) in [6, 6.07) is 12.3. The first-order valence-electron chi connectivity index (χ1n) is 9.69. The lowest BCUT2D eigenvalue weighted by molar-refractivity contribution is -0.125. The number of rotatable bonds is 3. The van der Waals surface area contributed by atoms with E-state index in [-0.39, 0.29) is 11.8 Å². The second-order valence-electron chi connectivity index (χ2n) is 7.12. The maximum absolute atomic E-state index is 12.6. The zero-order valence-corrected chi connectivity index (χ0v) is 15.7. The molecule has 0 atom stereocenters. The van der Waals surface area contributed by atoms with Crippen LogP contribution in [0.4, 0.5) is 5.82 Å². The summed E-state index contributed by atoms with van der Waals surface area (Å²) in [5, 5.41) is 2.77. The Hall–Kier alpha value is -3.21. The highest BCUT2D eigenvalue weighted by Crippen LogP contribution is 2.23. The van der Waals surface area contributed by atoms with Gasteiger partial charge < -0.3 is 10.2 Å². The summed E-state index contributed by atoms with van der Waals surface area (Å²) in [6.45, 7) is 1.45. The molecule has 2 aromatic rings. The Morgan fingerprint density at radius 1 is 1.11 bits per heavy atom. The number of amides is 2. The highest BCUT2D eigenvalue weighted by Gasteiger charge is 2.17. The number of nitrogens with one attached hydrogen (secondary N) is 1. The van der Waals surface area contributed by atoms with Crippen LogP contribution in [0.25, 0.3) is 11.6 Å². The maximum Gasteiger partial charge on any atom is 0.246 e. The predicted octanol–water partition coefficient (Wildman–Crippen LogP) is 3.69. The van der Waals surface area contributed by atoms with Gasteiger partial charge in [0.15, 0.2) is 0 Å². The van der Waals surface area contributed by atoms with E-state index in [9.17, 15) is 9.59 Å². The van der Waals surface area contributed by atoms with Gasteiger partial charge in [-0.25, -0.2) is 4.98 Å². The molecule has 2 aliphatic rings. The van der Waals surface area contributed by atoms with Gasteiger partial charge in [-0.1, -0.05) is 36.4 Å². The molecule has 0 spiro atoms. The molecule has 1 aromatic heterocycles. The first-order valence-corrected chi connectivity index (χ1v) is 9.69. The van der Waals surface area contributed by atoms with Crippen LogP contribution in [0.3, 0.4) is 0 Å². The summed E-state index contributed by atoms with van der Waals surface area (Å²) in [4.78, 5) is 30.3. The predicted molar refractivity (Wildman–Crippen MR) is 110 cm³/mol. The van der Waals surface area contributed by atoms with Gasteiger partial charge in [0.2, 0.25) is 11.8 Å². The Balaban J connectivity index is 1.38. The minimum Gasteiger partial charge on any atom is -0.339 e. The Kier molecular flexibility index (Phi) is 5.33. The molecule has 1 N–H and O–H groups in total. The van der Waals surface area contributed by atoms with Gasteiger partial charge in [-0.05, 0) is 53.7 Å². The van der Waals surface area contributed by atoms with E-state index in [1.165, 1.54) is 11.1 Å². The molecule has 0 radical (unpaired) electrons. The van der Waals surface area contributed by atoms with Crippen LogP contribution in [0.5, 0.6) is 0 Å². The first-order chi connectivity index (χ1) is 13.7. The lowest BCUT2D eigenvalue weighted by atomic mass is 10.0. The fourth-order valence-electron chi connectivity index (χ4n) is 3.64. The van der Waals surface area contributed by atoms with Crippen molar-refractivity contribution in [1.29, 1.82) is 0 Å². The highest BCUT2D eigenvalue weighted by molar-refractivity contribution is 5.94. The van der Waals surface area contributed by atoms with E-state index in [1.54, 1.807) is 12.3 Å². The zero-order chi connectivity index (χ0) is 19.3. The summed E-state index contributed by atoms with van der Waals surface area (Å²) < 4.78 is 0. The molecule has 0 unspecified atom stereocenters.